The molecule has 1 fully saturated rings. The maximum atomic E-state index is 5.80. The summed E-state index contributed by atoms with van der Waals surface area (Å²) in [6, 6.07) is 16.3. The topological polar surface area (TPSA) is 42.3 Å². The van der Waals surface area contributed by atoms with E-state index in [1.165, 1.54) is 17.0 Å². The first kappa shape index (κ1) is 19.5. The SMILES string of the molecule is CCn1c(C)cc(C2C(c3ccccn3)NC(=S)N2c2ccc(OC)cc2)c1C. The summed E-state index contributed by atoms with van der Waals surface area (Å²) in [5.74, 6) is 0.828. The monoisotopic (exact) mass is 406 g/mol. The molecule has 1 aliphatic rings. The Morgan fingerprint density at radius 2 is 1.90 bits per heavy atom. The molecule has 3 aromatic rings. The number of nitrogens with zero attached hydrogens (tertiary/aromatic N) is 3. The zero-order valence-corrected chi connectivity index (χ0v) is 18.0. The quantitative estimate of drug-likeness (QED) is 0.622. The van der Waals surface area contributed by atoms with Crippen molar-refractivity contribution in [1.82, 2.24) is 14.9 Å². The van der Waals surface area contributed by atoms with Gasteiger partial charge in [-0.3, -0.25) is 4.98 Å². The minimum atomic E-state index is -0.0309. The van der Waals surface area contributed by atoms with Crippen LogP contribution >= 0.6 is 12.2 Å². The fourth-order valence-corrected chi connectivity index (χ4v) is 4.65. The molecule has 0 saturated carbocycles. The predicted octanol–water partition coefficient (Wildman–Crippen LogP) is 4.71. The zero-order valence-electron chi connectivity index (χ0n) is 17.2. The lowest BCUT2D eigenvalue weighted by Crippen LogP contribution is -2.29. The van der Waals surface area contributed by atoms with Gasteiger partial charge in [0, 0.05) is 29.8 Å². The molecule has 0 spiro atoms. The van der Waals surface area contributed by atoms with E-state index < -0.39 is 0 Å². The Morgan fingerprint density at radius 1 is 1.14 bits per heavy atom. The van der Waals surface area contributed by atoms with Crippen LogP contribution in [0.4, 0.5) is 5.69 Å². The number of nitrogens with one attached hydrogen (secondary N) is 1. The zero-order chi connectivity index (χ0) is 20.5. The molecule has 29 heavy (non-hydrogen) atoms. The normalized spacial score (nSPS) is 18.8. The number of hydrogen-bond acceptors (Lipinski definition) is 3. The van der Waals surface area contributed by atoms with Gasteiger partial charge in [-0.05, 0) is 81.0 Å². The van der Waals surface area contributed by atoms with Crippen molar-refractivity contribution < 1.29 is 4.74 Å². The molecule has 4 rings (SSSR count). The number of rotatable bonds is 5. The van der Waals surface area contributed by atoms with Crippen LogP contribution in [-0.4, -0.2) is 21.8 Å². The molecule has 1 aromatic carbocycles. The highest BCUT2D eigenvalue weighted by Gasteiger charge is 2.42. The minimum Gasteiger partial charge on any atom is -0.497 e. The highest BCUT2D eigenvalue weighted by atomic mass is 32.1. The fourth-order valence-electron chi connectivity index (χ4n) is 4.31. The molecule has 2 atom stereocenters. The van der Waals surface area contributed by atoms with E-state index >= 15 is 0 Å². The van der Waals surface area contributed by atoms with Crippen LogP contribution in [0.15, 0.2) is 54.7 Å². The van der Waals surface area contributed by atoms with Gasteiger partial charge in [0.05, 0.1) is 24.9 Å². The molecule has 6 heteroatoms. The highest BCUT2D eigenvalue weighted by molar-refractivity contribution is 7.80. The molecule has 2 aromatic heterocycles. The molecule has 0 radical (unpaired) electrons. The molecular weight excluding hydrogens is 380 g/mol. The van der Waals surface area contributed by atoms with Gasteiger partial charge in [0.1, 0.15) is 5.75 Å². The van der Waals surface area contributed by atoms with Gasteiger partial charge in [0.15, 0.2) is 5.11 Å². The summed E-state index contributed by atoms with van der Waals surface area (Å²) in [7, 11) is 1.68. The summed E-state index contributed by atoms with van der Waals surface area (Å²) in [6.45, 7) is 7.47. The van der Waals surface area contributed by atoms with E-state index in [1.807, 2.05) is 30.5 Å². The average Bonchev–Trinajstić information content (AvgIpc) is 3.24. The van der Waals surface area contributed by atoms with E-state index in [1.54, 1.807) is 7.11 Å². The lowest BCUT2D eigenvalue weighted by Gasteiger charge is -2.28. The fraction of sp³-hybridized carbons (Fsp3) is 0.304. The summed E-state index contributed by atoms with van der Waals surface area (Å²) in [4.78, 5) is 6.83. The summed E-state index contributed by atoms with van der Waals surface area (Å²) < 4.78 is 7.68. The van der Waals surface area contributed by atoms with Crippen molar-refractivity contribution in [2.75, 3.05) is 12.0 Å². The van der Waals surface area contributed by atoms with Gasteiger partial charge in [-0.1, -0.05) is 6.07 Å². The van der Waals surface area contributed by atoms with E-state index in [2.05, 4.69) is 64.8 Å². The van der Waals surface area contributed by atoms with Gasteiger partial charge in [0.2, 0.25) is 0 Å². The summed E-state index contributed by atoms with van der Waals surface area (Å²) in [5, 5.41) is 4.23. The average molecular weight is 407 g/mol. The first-order valence-corrected chi connectivity index (χ1v) is 10.3. The number of aryl methyl sites for hydroxylation is 1. The third-order valence-corrected chi connectivity index (χ3v) is 6.01. The highest BCUT2D eigenvalue weighted by Crippen LogP contribution is 2.43. The molecule has 5 nitrogen and oxygen atoms in total. The van der Waals surface area contributed by atoms with E-state index in [0.29, 0.717) is 5.11 Å². The standard InChI is InChI=1S/C23H26N4OS/c1-5-26-15(2)14-19(16(26)3)22-21(20-8-6-7-13-24-20)25-23(29)27(22)17-9-11-18(28-4)12-10-17/h6-14,21-22H,5H2,1-4H3,(H,25,29). The van der Waals surface area contributed by atoms with Gasteiger partial charge < -0.3 is 19.5 Å². The Bertz CT molecular complexity index is 1010. The Balaban J connectivity index is 1.85. The van der Waals surface area contributed by atoms with Gasteiger partial charge in [-0.25, -0.2) is 0 Å². The van der Waals surface area contributed by atoms with Gasteiger partial charge in [0.25, 0.3) is 0 Å². The van der Waals surface area contributed by atoms with Gasteiger partial charge in [-0.15, -0.1) is 0 Å². The van der Waals surface area contributed by atoms with E-state index in [9.17, 15) is 0 Å². The van der Waals surface area contributed by atoms with Crippen molar-refractivity contribution in [2.45, 2.75) is 39.4 Å². The molecule has 2 unspecified atom stereocenters. The van der Waals surface area contributed by atoms with E-state index in [4.69, 9.17) is 17.0 Å². The summed E-state index contributed by atoms with van der Waals surface area (Å²) in [5.41, 5.74) is 5.81. The van der Waals surface area contributed by atoms with Crippen LogP contribution in [0.5, 0.6) is 5.75 Å². The molecule has 150 valence electrons. The third kappa shape index (κ3) is 3.38. The Hall–Kier alpha value is -2.86. The number of pyridine rings is 1. The number of aromatic nitrogens is 2. The van der Waals surface area contributed by atoms with Crippen molar-refractivity contribution >= 4 is 23.0 Å². The predicted molar refractivity (Wildman–Crippen MR) is 121 cm³/mol. The molecule has 0 bridgehead atoms. The number of benzene rings is 1. The second-order valence-corrected chi connectivity index (χ2v) is 7.65. The van der Waals surface area contributed by atoms with E-state index in [0.717, 1.165) is 23.7 Å². The summed E-state index contributed by atoms with van der Waals surface area (Å²) >= 11 is 5.80. The number of thiocarbonyl (C=S) groups is 1. The van der Waals surface area contributed by atoms with Crippen LogP contribution in [0.2, 0.25) is 0 Å². The molecular formula is C23H26N4OS. The second-order valence-electron chi connectivity index (χ2n) is 7.27. The van der Waals surface area contributed by atoms with Crippen LogP contribution < -0.4 is 15.0 Å². The molecule has 1 N–H and O–H groups in total. The Labute approximate surface area is 177 Å². The van der Waals surface area contributed by atoms with Crippen LogP contribution in [0.1, 0.15) is 41.7 Å². The van der Waals surface area contributed by atoms with Crippen molar-refractivity contribution in [1.29, 1.82) is 0 Å². The number of hydrogen-bond donors (Lipinski definition) is 1. The van der Waals surface area contributed by atoms with Crippen molar-refractivity contribution in [2.24, 2.45) is 0 Å². The van der Waals surface area contributed by atoms with Gasteiger partial charge in [-0.2, -0.15) is 0 Å². The first-order valence-electron chi connectivity index (χ1n) is 9.86. The first-order chi connectivity index (χ1) is 14.0. The number of methoxy groups -OCH3 is 1. The lowest BCUT2D eigenvalue weighted by atomic mass is 9.96. The Kier molecular flexibility index (Phi) is 5.28. The molecule has 1 aliphatic heterocycles. The van der Waals surface area contributed by atoms with Gasteiger partial charge >= 0.3 is 0 Å². The summed E-state index contributed by atoms with van der Waals surface area (Å²) in [6.07, 6.45) is 1.84. The number of ether oxygens (including phenoxy) is 1. The largest absolute Gasteiger partial charge is 0.497 e. The van der Waals surface area contributed by atoms with Crippen molar-refractivity contribution in [3.63, 3.8) is 0 Å². The van der Waals surface area contributed by atoms with Crippen molar-refractivity contribution in [3.8, 4) is 5.75 Å². The smallest absolute Gasteiger partial charge is 0.174 e. The minimum absolute atomic E-state index is 0.0114. The van der Waals surface area contributed by atoms with Crippen LogP contribution in [0, 0.1) is 13.8 Å². The maximum absolute atomic E-state index is 5.80. The lowest BCUT2D eigenvalue weighted by molar-refractivity contribution is 0.415. The molecule has 1 saturated heterocycles. The second kappa shape index (κ2) is 7.87. The molecule has 0 amide bonds. The molecule has 0 aliphatic carbocycles. The van der Waals surface area contributed by atoms with E-state index in [-0.39, 0.29) is 12.1 Å². The van der Waals surface area contributed by atoms with Crippen LogP contribution in [0.3, 0.4) is 0 Å². The van der Waals surface area contributed by atoms with Crippen LogP contribution in [0.25, 0.3) is 0 Å². The molecule has 3 heterocycles. The van der Waals surface area contributed by atoms with Crippen molar-refractivity contribution in [3.05, 3.63) is 77.4 Å². The Morgan fingerprint density at radius 3 is 2.48 bits per heavy atom. The van der Waals surface area contributed by atoms with Crippen LogP contribution in [-0.2, 0) is 6.54 Å². The maximum Gasteiger partial charge on any atom is 0.174 e. The number of anilines is 1. The third-order valence-electron chi connectivity index (χ3n) is 5.70.